The first-order valence-corrected chi connectivity index (χ1v) is 6.80. The standard InChI is InChI=1S/C15H17NO5/c1-19-12-4-2-3-10-7-13(21-14(10)12)15(18)16-5-6-20-9-11(16)8-17/h2-4,7,11,17H,5-6,8-9H2,1H3/t11-/m1/s1. The lowest BCUT2D eigenvalue weighted by molar-refractivity contribution is -0.0196. The largest absolute Gasteiger partial charge is 0.493 e. The third kappa shape index (κ3) is 2.48. The SMILES string of the molecule is COc1cccc2cc(C(=O)N3CCOC[C@H]3CO)oc12. The van der Waals surface area contributed by atoms with Gasteiger partial charge in [0.05, 0.1) is 33.0 Å². The van der Waals surface area contributed by atoms with Crippen molar-refractivity contribution in [3.8, 4) is 5.75 Å². The molecule has 3 rings (SSSR count). The predicted octanol–water partition coefficient (Wildman–Crippen LogP) is 1.27. The minimum atomic E-state index is -0.332. The molecular weight excluding hydrogens is 274 g/mol. The summed E-state index contributed by atoms with van der Waals surface area (Å²) in [6.45, 7) is 1.12. The molecular formula is C15H17NO5. The van der Waals surface area contributed by atoms with E-state index in [0.717, 1.165) is 5.39 Å². The van der Waals surface area contributed by atoms with Gasteiger partial charge in [-0.2, -0.15) is 0 Å². The van der Waals surface area contributed by atoms with Crippen LogP contribution in [0.25, 0.3) is 11.0 Å². The Bertz CT molecular complexity index is 651. The summed E-state index contributed by atoms with van der Waals surface area (Å²) in [6.07, 6.45) is 0. The van der Waals surface area contributed by atoms with Gasteiger partial charge in [-0.25, -0.2) is 0 Å². The highest BCUT2D eigenvalue weighted by Crippen LogP contribution is 2.29. The molecule has 0 aliphatic carbocycles. The minimum Gasteiger partial charge on any atom is -0.493 e. The zero-order valence-electron chi connectivity index (χ0n) is 11.7. The summed E-state index contributed by atoms with van der Waals surface area (Å²) in [5.41, 5.74) is 0.553. The molecule has 1 aromatic carbocycles. The molecule has 21 heavy (non-hydrogen) atoms. The molecule has 0 bridgehead atoms. The summed E-state index contributed by atoms with van der Waals surface area (Å²) in [4.78, 5) is 14.2. The van der Waals surface area contributed by atoms with Gasteiger partial charge in [0.1, 0.15) is 0 Å². The Morgan fingerprint density at radius 3 is 3.14 bits per heavy atom. The van der Waals surface area contributed by atoms with Crippen LogP contribution >= 0.6 is 0 Å². The van der Waals surface area contributed by atoms with Crippen LogP contribution in [0.3, 0.4) is 0 Å². The number of methoxy groups -OCH3 is 1. The molecule has 1 saturated heterocycles. The molecule has 112 valence electrons. The fraction of sp³-hybridized carbons (Fsp3) is 0.400. The highest BCUT2D eigenvalue weighted by Gasteiger charge is 2.29. The van der Waals surface area contributed by atoms with Crippen LogP contribution in [0, 0.1) is 0 Å². The summed E-state index contributed by atoms with van der Waals surface area (Å²) in [6, 6.07) is 6.86. The molecule has 0 unspecified atom stereocenters. The predicted molar refractivity (Wildman–Crippen MR) is 75.5 cm³/mol. The fourth-order valence-electron chi connectivity index (χ4n) is 2.52. The lowest BCUT2D eigenvalue weighted by atomic mass is 10.2. The third-order valence-electron chi connectivity index (χ3n) is 3.64. The molecule has 0 saturated carbocycles. The molecule has 1 fully saturated rings. The van der Waals surface area contributed by atoms with E-state index in [2.05, 4.69) is 0 Å². The molecule has 1 atom stereocenters. The van der Waals surface area contributed by atoms with E-state index >= 15 is 0 Å². The van der Waals surface area contributed by atoms with Gasteiger partial charge in [-0.15, -0.1) is 0 Å². The summed E-state index contributed by atoms with van der Waals surface area (Å²) >= 11 is 0. The van der Waals surface area contributed by atoms with Crippen molar-refractivity contribution in [3.63, 3.8) is 0 Å². The number of carbonyl (C=O) groups is 1. The number of fused-ring (bicyclic) bond motifs is 1. The quantitative estimate of drug-likeness (QED) is 0.922. The van der Waals surface area contributed by atoms with Crippen molar-refractivity contribution >= 4 is 16.9 Å². The van der Waals surface area contributed by atoms with Crippen molar-refractivity contribution in [1.29, 1.82) is 0 Å². The number of hydrogen-bond acceptors (Lipinski definition) is 5. The van der Waals surface area contributed by atoms with Crippen molar-refractivity contribution < 1.29 is 23.8 Å². The third-order valence-corrected chi connectivity index (χ3v) is 3.64. The molecule has 1 aliphatic heterocycles. The molecule has 1 aromatic heterocycles. The average Bonchev–Trinajstić information content (AvgIpc) is 2.98. The Kier molecular flexibility index (Phi) is 3.81. The van der Waals surface area contributed by atoms with E-state index in [9.17, 15) is 9.90 Å². The number of para-hydroxylation sites is 1. The Labute approximate surface area is 121 Å². The highest BCUT2D eigenvalue weighted by molar-refractivity contribution is 5.97. The van der Waals surface area contributed by atoms with Gasteiger partial charge in [-0.05, 0) is 12.1 Å². The maximum absolute atomic E-state index is 12.6. The molecule has 1 amide bonds. The van der Waals surface area contributed by atoms with Crippen LogP contribution in [0.5, 0.6) is 5.75 Å². The van der Waals surface area contributed by atoms with Crippen molar-refractivity contribution in [3.05, 3.63) is 30.0 Å². The minimum absolute atomic E-state index is 0.130. The van der Waals surface area contributed by atoms with Gasteiger partial charge in [-0.1, -0.05) is 12.1 Å². The number of aliphatic hydroxyl groups is 1. The van der Waals surface area contributed by atoms with E-state index in [1.807, 2.05) is 12.1 Å². The normalized spacial score (nSPS) is 19.0. The molecule has 6 nitrogen and oxygen atoms in total. The Balaban J connectivity index is 1.94. The number of amides is 1. The number of rotatable bonds is 3. The Hall–Kier alpha value is -2.05. The van der Waals surface area contributed by atoms with Crippen LogP contribution in [0.1, 0.15) is 10.6 Å². The van der Waals surface area contributed by atoms with Gasteiger partial charge in [0, 0.05) is 11.9 Å². The maximum atomic E-state index is 12.6. The van der Waals surface area contributed by atoms with Gasteiger partial charge in [0.2, 0.25) is 0 Å². The molecule has 2 aromatic rings. The summed E-state index contributed by atoms with van der Waals surface area (Å²) in [5.74, 6) is 0.595. The number of furan rings is 1. The van der Waals surface area contributed by atoms with Crippen molar-refractivity contribution in [2.24, 2.45) is 0 Å². The average molecular weight is 291 g/mol. The van der Waals surface area contributed by atoms with E-state index in [0.29, 0.717) is 31.1 Å². The highest BCUT2D eigenvalue weighted by atomic mass is 16.5. The summed E-state index contributed by atoms with van der Waals surface area (Å²) in [5, 5.41) is 10.2. The van der Waals surface area contributed by atoms with Crippen LogP contribution in [0.15, 0.2) is 28.7 Å². The summed E-state index contributed by atoms with van der Waals surface area (Å²) < 4.78 is 16.2. The molecule has 6 heteroatoms. The zero-order valence-corrected chi connectivity index (χ0v) is 11.7. The molecule has 2 heterocycles. The topological polar surface area (TPSA) is 72.1 Å². The van der Waals surface area contributed by atoms with Crippen LogP contribution in [0.2, 0.25) is 0 Å². The zero-order chi connectivity index (χ0) is 14.8. The van der Waals surface area contributed by atoms with Gasteiger partial charge < -0.3 is 23.9 Å². The van der Waals surface area contributed by atoms with Gasteiger partial charge in [0.15, 0.2) is 17.1 Å². The van der Waals surface area contributed by atoms with Crippen LogP contribution < -0.4 is 4.74 Å². The molecule has 1 aliphatic rings. The second-order valence-electron chi connectivity index (χ2n) is 4.90. The number of morpholine rings is 1. The number of aliphatic hydroxyl groups excluding tert-OH is 1. The fourth-order valence-corrected chi connectivity index (χ4v) is 2.52. The first-order chi connectivity index (χ1) is 10.2. The molecule has 1 N–H and O–H groups in total. The maximum Gasteiger partial charge on any atom is 0.290 e. The van der Waals surface area contributed by atoms with E-state index < -0.39 is 0 Å². The van der Waals surface area contributed by atoms with E-state index in [1.165, 1.54) is 0 Å². The number of nitrogens with zero attached hydrogens (tertiary/aromatic N) is 1. The van der Waals surface area contributed by atoms with Crippen molar-refractivity contribution in [1.82, 2.24) is 4.90 Å². The number of ether oxygens (including phenoxy) is 2. The first-order valence-electron chi connectivity index (χ1n) is 6.80. The van der Waals surface area contributed by atoms with Gasteiger partial charge in [-0.3, -0.25) is 4.79 Å². The van der Waals surface area contributed by atoms with Crippen molar-refractivity contribution in [2.45, 2.75) is 6.04 Å². The van der Waals surface area contributed by atoms with Crippen LogP contribution in [-0.2, 0) is 4.74 Å². The lowest BCUT2D eigenvalue weighted by Crippen LogP contribution is -2.50. The van der Waals surface area contributed by atoms with Crippen molar-refractivity contribution in [2.75, 3.05) is 33.5 Å². The summed E-state index contributed by atoms with van der Waals surface area (Å²) in [7, 11) is 1.56. The number of hydrogen-bond donors (Lipinski definition) is 1. The van der Waals surface area contributed by atoms with E-state index in [1.54, 1.807) is 24.1 Å². The second-order valence-corrected chi connectivity index (χ2v) is 4.90. The smallest absolute Gasteiger partial charge is 0.290 e. The lowest BCUT2D eigenvalue weighted by Gasteiger charge is -2.33. The van der Waals surface area contributed by atoms with Gasteiger partial charge >= 0.3 is 0 Å². The second kappa shape index (κ2) is 5.75. The molecule has 0 spiro atoms. The number of carbonyl (C=O) groups excluding carboxylic acids is 1. The Morgan fingerprint density at radius 1 is 1.52 bits per heavy atom. The monoisotopic (exact) mass is 291 g/mol. The van der Waals surface area contributed by atoms with Crippen LogP contribution in [-0.4, -0.2) is 55.4 Å². The van der Waals surface area contributed by atoms with E-state index in [4.69, 9.17) is 13.9 Å². The number of benzene rings is 1. The first kappa shape index (κ1) is 13.9. The van der Waals surface area contributed by atoms with Crippen LogP contribution in [0.4, 0.5) is 0 Å². The Morgan fingerprint density at radius 2 is 2.38 bits per heavy atom. The molecule has 0 radical (unpaired) electrons. The van der Waals surface area contributed by atoms with Gasteiger partial charge in [0.25, 0.3) is 5.91 Å². The van der Waals surface area contributed by atoms with E-state index in [-0.39, 0.29) is 24.3 Å².